The Balaban J connectivity index is 0.00000132. The molecule has 3 heterocycles. The Morgan fingerprint density at radius 2 is 2.17 bits per heavy atom. The van der Waals surface area contributed by atoms with Crippen LogP contribution in [0.2, 0.25) is 0 Å². The highest BCUT2D eigenvalue weighted by atomic mass is 35.5. The van der Waals surface area contributed by atoms with Gasteiger partial charge in [0, 0.05) is 18.4 Å². The zero-order valence-electron chi connectivity index (χ0n) is 12.8. The van der Waals surface area contributed by atoms with Crippen molar-refractivity contribution in [3.05, 3.63) is 42.4 Å². The van der Waals surface area contributed by atoms with E-state index in [2.05, 4.69) is 27.6 Å². The number of aromatic nitrogens is 3. The van der Waals surface area contributed by atoms with Crippen LogP contribution in [0.3, 0.4) is 0 Å². The van der Waals surface area contributed by atoms with Gasteiger partial charge in [-0.1, -0.05) is 13.0 Å². The van der Waals surface area contributed by atoms with Gasteiger partial charge in [-0.25, -0.2) is 9.67 Å². The number of nitrogens with one attached hydrogen (secondary N) is 2. The number of nitrogens with zero attached hydrogens (tertiary/aromatic N) is 3. The maximum absolute atomic E-state index is 12.4. The average molecular weight is 358 g/mol. The summed E-state index contributed by atoms with van der Waals surface area (Å²) in [6.45, 7) is 4.02. The first-order valence-corrected chi connectivity index (χ1v) is 7.22. The fourth-order valence-electron chi connectivity index (χ4n) is 2.55. The normalized spacial score (nSPS) is 20.0. The van der Waals surface area contributed by atoms with Crippen molar-refractivity contribution >= 4 is 30.7 Å². The summed E-state index contributed by atoms with van der Waals surface area (Å²) in [6.07, 6.45) is 4.44. The number of piperidine rings is 1. The van der Waals surface area contributed by atoms with Crippen molar-refractivity contribution in [1.29, 1.82) is 0 Å². The lowest BCUT2D eigenvalue weighted by Crippen LogP contribution is -2.48. The summed E-state index contributed by atoms with van der Waals surface area (Å²) < 4.78 is 1.64. The van der Waals surface area contributed by atoms with Crippen LogP contribution in [0.5, 0.6) is 0 Å². The summed E-state index contributed by atoms with van der Waals surface area (Å²) in [5, 5.41) is 10.5. The van der Waals surface area contributed by atoms with E-state index in [4.69, 9.17) is 0 Å². The number of pyridine rings is 1. The van der Waals surface area contributed by atoms with Gasteiger partial charge in [-0.3, -0.25) is 4.79 Å². The number of hydrogen-bond acceptors (Lipinski definition) is 4. The summed E-state index contributed by atoms with van der Waals surface area (Å²) >= 11 is 0. The topological polar surface area (TPSA) is 71.8 Å². The Kier molecular flexibility index (Phi) is 7.48. The minimum Gasteiger partial charge on any atom is -0.348 e. The second-order valence-electron chi connectivity index (χ2n) is 5.38. The molecule has 1 aliphatic rings. The maximum atomic E-state index is 12.4. The number of carbonyl (C=O) groups is 1. The molecule has 2 N–H and O–H groups in total. The highest BCUT2D eigenvalue weighted by molar-refractivity contribution is 5.92. The molecule has 1 amide bonds. The number of carbonyl (C=O) groups excluding carboxylic acids is 1. The molecule has 0 radical (unpaired) electrons. The van der Waals surface area contributed by atoms with Crippen molar-refractivity contribution in [2.45, 2.75) is 19.4 Å². The Bertz CT molecular complexity index is 620. The maximum Gasteiger partial charge on any atom is 0.270 e. The zero-order chi connectivity index (χ0) is 14.7. The van der Waals surface area contributed by atoms with Crippen LogP contribution in [-0.4, -0.2) is 39.8 Å². The van der Waals surface area contributed by atoms with Gasteiger partial charge in [-0.15, -0.1) is 24.8 Å². The lowest BCUT2D eigenvalue weighted by Gasteiger charge is -2.30. The lowest BCUT2D eigenvalue weighted by molar-refractivity contribution is 0.0909. The molecule has 8 heteroatoms. The van der Waals surface area contributed by atoms with Gasteiger partial charge < -0.3 is 10.6 Å². The summed E-state index contributed by atoms with van der Waals surface area (Å²) in [5.74, 6) is 0.950. The molecular formula is C15H21Cl2N5O. The van der Waals surface area contributed by atoms with Crippen LogP contribution in [0.1, 0.15) is 23.8 Å². The van der Waals surface area contributed by atoms with Gasteiger partial charge in [0.2, 0.25) is 0 Å². The van der Waals surface area contributed by atoms with Gasteiger partial charge in [0.25, 0.3) is 5.91 Å². The monoisotopic (exact) mass is 357 g/mol. The smallest absolute Gasteiger partial charge is 0.270 e. The SMILES string of the molecule is CC1CNCCC1NC(=O)c1cccc(-n2cccn2)n1.Cl.Cl. The predicted octanol–water partition coefficient (Wildman–Crippen LogP) is 1.84. The number of halogens is 2. The Labute approximate surface area is 147 Å². The number of hydrogen-bond donors (Lipinski definition) is 2. The van der Waals surface area contributed by atoms with E-state index in [9.17, 15) is 4.79 Å². The molecule has 1 aliphatic heterocycles. The van der Waals surface area contributed by atoms with Crippen LogP contribution in [0, 0.1) is 5.92 Å². The first-order valence-electron chi connectivity index (χ1n) is 7.22. The molecule has 0 aromatic carbocycles. The van der Waals surface area contributed by atoms with Crippen molar-refractivity contribution in [3.63, 3.8) is 0 Å². The zero-order valence-corrected chi connectivity index (χ0v) is 14.4. The van der Waals surface area contributed by atoms with Crippen LogP contribution >= 0.6 is 24.8 Å². The van der Waals surface area contributed by atoms with Gasteiger partial charge in [0.05, 0.1) is 0 Å². The molecule has 23 heavy (non-hydrogen) atoms. The van der Waals surface area contributed by atoms with E-state index in [1.54, 1.807) is 23.1 Å². The predicted molar refractivity (Wildman–Crippen MR) is 93.8 cm³/mol. The minimum atomic E-state index is -0.122. The molecule has 2 atom stereocenters. The molecule has 1 fully saturated rings. The fraction of sp³-hybridized carbons (Fsp3) is 0.400. The van der Waals surface area contributed by atoms with Gasteiger partial charge in [0.15, 0.2) is 5.82 Å². The highest BCUT2D eigenvalue weighted by Crippen LogP contribution is 2.11. The molecule has 1 saturated heterocycles. The van der Waals surface area contributed by atoms with E-state index in [1.807, 2.05) is 18.2 Å². The third-order valence-electron chi connectivity index (χ3n) is 3.81. The lowest BCUT2D eigenvalue weighted by atomic mass is 9.95. The average Bonchev–Trinajstić information content (AvgIpc) is 3.04. The third kappa shape index (κ3) is 4.67. The van der Waals surface area contributed by atoms with E-state index >= 15 is 0 Å². The van der Waals surface area contributed by atoms with E-state index in [1.165, 1.54) is 0 Å². The van der Waals surface area contributed by atoms with E-state index < -0.39 is 0 Å². The molecular weight excluding hydrogens is 337 g/mol. The van der Waals surface area contributed by atoms with Crippen LogP contribution in [0.15, 0.2) is 36.7 Å². The second kappa shape index (κ2) is 8.86. The first kappa shape index (κ1) is 19.4. The molecule has 6 nitrogen and oxygen atoms in total. The van der Waals surface area contributed by atoms with E-state index in [0.29, 0.717) is 17.4 Å². The third-order valence-corrected chi connectivity index (χ3v) is 3.81. The van der Waals surface area contributed by atoms with Crippen molar-refractivity contribution in [2.75, 3.05) is 13.1 Å². The van der Waals surface area contributed by atoms with Gasteiger partial charge in [-0.05, 0) is 43.6 Å². The number of amides is 1. The Hall–Kier alpha value is -1.63. The second-order valence-corrected chi connectivity index (χ2v) is 5.38. The van der Waals surface area contributed by atoms with Crippen molar-refractivity contribution < 1.29 is 4.79 Å². The molecule has 0 spiro atoms. The van der Waals surface area contributed by atoms with E-state index in [0.717, 1.165) is 19.5 Å². The standard InChI is InChI=1S/C15H19N5O.2ClH/c1-11-10-16-8-6-12(11)19-15(21)13-4-2-5-14(18-13)20-9-3-7-17-20;;/h2-5,7,9,11-12,16H,6,8,10H2,1H3,(H,19,21);2*1H. The largest absolute Gasteiger partial charge is 0.348 e. The Morgan fingerprint density at radius 1 is 1.35 bits per heavy atom. The molecule has 2 aromatic rings. The summed E-state index contributed by atoms with van der Waals surface area (Å²) in [6, 6.07) is 7.41. The molecule has 3 rings (SSSR count). The van der Waals surface area contributed by atoms with Crippen molar-refractivity contribution in [2.24, 2.45) is 5.92 Å². The summed E-state index contributed by atoms with van der Waals surface area (Å²) in [7, 11) is 0. The first-order chi connectivity index (χ1) is 10.2. The minimum absolute atomic E-state index is 0. The van der Waals surface area contributed by atoms with Crippen LogP contribution in [0.4, 0.5) is 0 Å². The fourth-order valence-corrected chi connectivity index (χ4v) is 2.55. The molecule has 0 saturated carbocycles. The van der Waals surface area contributed by atoms with Gasteiger partial charge >= 0.3 is 0 Å². The molecule has 0 bridgehead atoms. The van der Waals surface area contributed by atoms with Gasteiger partial charge in [-0.2, -0.15) is 5.10 Å². The van der Waals surface area contributed by atoms with Gasteiger partial charge in [0.1, 0.15) is 5.69 Å². The summed E-state index contributed by atoms with van der Waals surface area (Å²) in [4.78, 5) is 16.7. The molecule has 0 aliphatic carbocycles. The number of rotatable bonds is 3. The van der Waals surface area contributed by atoms with E-state index in [-0.39, 0.29) is 36.8 Å². The highest BCUT2D eigenvalue weighted by Gasteiger charge is 2.23. The van der Waals surface area contributed by atoms with Crippen LogP contribution in [-0.2, 0) is 0 Å². The van der Waals surface area contributed by atoms with Crippen molar-refractivity contribution in [3.8, 4) is 5.82 Å². The van der Waals surface area contributed by atoms with Crippen molar-refractivity contribution in [1.82, 2.24) is 25.4 Å². The molecule has 2 aromatic heterocycles. The quantitative estimate of drug-likeness (QED) is 0.878. The van der Waals surface area contributed by atoms with Crippen LogP contribution < -0.4 is 10.6 Å². The molecule has 2 unspecified atom stereocenters. The summed E-state index contributed by atoms with van der Waals surface area (Å²) in [5.41, 5.74) is 0.425. The van der Waals surface area contributed by atoms with Crippen LogP contribution in [0.25, 0.3) is 5.82 Å². The molecule has 126 valence electrons. The Morgan fingerprint density at radius 3 is 2.87 bits per heavy atom.